The fourth-order valence-electron chi connectivity index (χ4n) is 2.82. The second kappa shape index (κ2) is 6.70. The van der Waals surface area contributed by atoms with Crippen LogP contribution in [0.5, 0.6) is 0 Å². The summed E-state index contributed by atoms with van der Waals surface area (Å²) in [4.78, 5) is 12.1. The zero-order valence-corrected chi connectivity index (χ0v) is 12.4. The first-order valence-corrected chi connectivity index (χ1v) is 7.62. The minimum absolute atomic E-state index is 0.156. The van der Waals surface area contributed by atoms with Crippen molar-refractivity contribution in [2.24, 2.45) is 5.92 Å². The highest BCUT2D eigenvalue weighted by atomic mass is 16.3. The number of amides is 1. The highest BCUT2D eigenvalue weighted by Gasteiger charge is 2.25. The molecule has 1 amide bonds. The number of aliphatic hydroxyl groups excluding tert-OH is 1. The summed E-state index contributed by atoms with van der Waals surface area (Å²) >= 11 is 0. The van der Waals surface area contributed by atoms with Crippen molar-refractivity contribution in [2.45, 2.75) is 31.9 Å². The lowest BCUT2D eigenvalue weighted by molar-refractivity contribution is 0.0912. The Morgan fingerprint density at radius 2 is 2.14 bits per heavy atom. The molecule has 0 saturated heterocycles. The van der Waals surface area contributed by atoms with Crippen molar-refractivity contribution in [1.29, 1.82) is 0 Å². The van der Waals surface area contributed by atoms with Gasteiger partial charge in [0, 0.05) is 12.5 Å². The molecule has 1 aliphatic carbocycles. The van der Waals surface area contributed by atoms with Crippen molar-refractivity contribution in [3.05, 3.63) is 47.8 Å². The van der Waals surface area contributed by atoms with E-state index in [0.29, 0.717) is 18.8 Å². The fraction of sp³-hybridized carbons (Fsp3) is 0.438. The highest BCUT2D eigenvalue weighted by Crippen LogP contribution is 2.24. The summed E-state index contributed by atoms with van der Waals surface area (Å²) < 4.78 is 1.65. The smallest absolute Gasteiger partial charge is 0.273 e. The van der Waals surface area contributed by atoms with Crippen molar-refractivity contribution < 1.29 is 9.90 Å². The number of nitrogens with one attached hydrogen (secondary N) is 1. The van der Waals surface area contributed by atoms with E-state index in [4.69, 9.17) is 0 Å². The lowest BCUT2D eigenvalue weighted by Gasteiger charge is -2.14. The first-order chi connectivity index (χ1) is 10.7. The molecular formula is C16H20N4O2. The number of aliphatic hydroxyl groups is 1. The van der Waals surface area contributed by atoms with Gasteiger partial charge in [0.25, 0.3) is 5.91 Å². The molecule has 116 valence electrons. The van der Waals surface area contributed by atoms with E-state index in [9.17, 15) is 9.90 Å². The van der Waals surface area contributed by atoms with Gasteiger partial charge in [-0.05, 0) is 18.4 Å². The molecule has 2 N–H and O–H groups in total. The zero-order valence-electron chi connectivity index (χ0n) is 12.4. The van der Waals surface area contributed by atoms with Gasteiger partial charge >= 0.3 is 0 Å². The van der Waals surface area contributed by atoms with Crippen LogP contribution in [0.3, 0.4) is 0 Å². The molecule has 2 aromatic rings. The Kier molecular flexibility index (Phi) is 4.48. The standard InChI is InChI=1S/C16H20N4O2/c21-15-8-4-7-13(15)9-17-16(22)14-11-20(19-18-14)10-12-5-2-1-3-6-12/h1-3,5-6,11,13,15,21H,4,7-10H2,(H,17,22)/t13-,15+/m1/s1. The molecule has 0 spiro atoms. The largest absolute Gasteiger partial charge is 0.393 e. The first-order valence-electron chi connectivity index (χ1n) is 7.62. The predicted molar refractivity (Wildman–Crippen MR) is 81.2 cm³/mol. The van der Waals surface area contributed by atoms with Crippen LogP contribution < -0.4 is 5.32 Å². The number of hydrogen-bond donors (Lipinski definition) is 2. The number of benzene rings is 1. The van der Waals surface area contributed by atoms with Gasteiger partial charge in [0.2, 0.25) is 0 Å². The monoisotopic (exact) mass is 300 g/mol. The van der Waals surface area contributed by atoms with E-state index in [0.717, 1.165) is 24.8 Å². The Hall–Kier alpha value is -2.21. The molecule has 0 bridgehead atoms. The topological polar surface area (TPSA) is 80.0 Å². The van der Waals surface area contributed by atoms with Crippen LogP contribution in [-0.2, 0) is 6.54 Å². The molecule has 22 heavy (non-hydrogen) atoms. The van der Waals surface area contributed by atoms with Gasteiger partial charge in [-0.25, -0.2) is 4.68 Å². The van der Waals surface area contributed by atoms with Crippen LogP contribution in [-0.4, -0.2) is 38.7 Å². The number of carbonyl (C=O) groups excluding carboxylic acids is 1. The Labute approximate surface area is 129 Å². The lowest BCUT2D eigenvalue weighted by atomic mass is 10.1. The third-order valence-corrected chi connectivity index (χ3v) is 4.10. The zero-order chi connectivity index (χ0) is 15.4. The van der Waals surface area contributed by atoms with Gasteiger partial charge < -0.3 is 10.4 Å². The summed E-state index contributed by atoms with van der Waals surface area (Å²) in [6.07, 6.45) is 4.16. The number of nitrogens with zero attached hydrogens (tertiary/aromatic N) is 3. The minimum atomic E-state index is -0.297. The van der Waals surface area contributed by atoms with Crippen molar-refractivity contribution in [3.8, 4) is 0 Å². The SMILES string of the molecule is O=C(NC[C@H]1CCC[C@@H]1O)c1cn(Cc2ccccc2)nn1. The van der Waals surface area contributed by atoms with Crippen LogP contribution in [0.4, 0.5) is 0 Å². The van der Waals surface area contributed by atoms with Gasteiger partial charge in [-0.1, -0.05) is 42.0 Å². The molecule has 6 heteroatoms. The van der Waals surface area contributed by atoms with Crippen molar-refractivity contribution >= 4 is 5.91 Å². The molecule has 1 saturated carbocycles. The Morgan fingerprint density at radius 1 is 1.32 bits per heavy atom. The van der Waals surface area contributed by atoms with E-state index in [1.807, 2.05) is 30.3 Å². The average Bonchev–Trinajstić information content (AvgIpc) is 3.15. The van der Waals surface area contributed by atoms with Gasteiger partial charge in [-0.15, -0.1) is 5.10 Å². The molecule has 1 fully saturated rings. The molecule has 0 aliphatic heterocycles. The van der Waals surface area contributed by atoms with Crippen LogP contribution in [0.25, 0.3) is 0 Å². The maximum absolute atomic E-state index is 12.1. The summed E-state index contributed by atoms with van der Waals surface area (Å²) in [6, 6.07) is 9.90. The van der Waals surface area contributed by atoms with Crippen LogP contribution in [0, 0.1) is 5.92 Å². The molecule has 0 unspecified atom stereocenters. The van der Waals surface area contributed by atoms with Crippen molar-refractivity contribution in [1.82, 2.24) is 20.3 Å². The van der Waals surface area contributed by atoms with E-state index >= 15 is 0 Å². The summed E-state index contributed by atoms with van der Waals surface area (Å²) in [6.45, 7) is 1.08. The van der Waals surface area contributed by atoms with Gasteiger partial charge in [-0.2, -0.15) is 0 Å². The molecule has 3 rings (SSSR count). The second-order valence-electron chi connectivity index (χ2n) is 5.76. The number of hydrogen-bond acceptors (Lipinski definition) is 4. The number of aromatic nitrogens is 3. The molecule has 1 aromatic heterocycles. The molecule has 6 nitrogen and oxygen atoms in total. The quantitative estimate of drug-likeness (QED) is 0.870. The lowest BCUT2D eigenvalue weighted by Crippen LogP contribution is -2.32. The third-order valence-electron chi connectivity index (χ3n) is 4.10. The van der Waals surface area contributed by atoms with Crippen LogP contribution >= 0.6 is 0 Å². The van der Waals surface area contributed by atoms with Crippen molar-refractivity contribution in [2.75, 3.05) is 6.54 Å². The Morgan fingerprint density at radius 3 is 2.86 bits per heavy atom. The second-order valence-corrected chi connectivity index (χ2v) is 5.76. The fourth-order valence-corrected chi connectivity index (χ4v) is 2.82. The average molecular weight is 300 g/mol. The summed E-state index contributed by atoms with van der Waals surface area (Å²) in [5.41, 5.74) is 1.41. The minimum Gasteiger partial charge on any atom is -0.393 e. The van der Waals surface area contributed by atoms with Crippen molar-refractivity contribution in [3.63, 3.8) is 0 Å². The molecule has 2 atom stereocenters. The molecular weight excluding hydrogens is 280 g/mol. The first kappa shape index (κ1) is 14.7. The maximum Gasteiger partial charge on any atom is 0.273 e. The van der Waals surface area contributed by atoms with Gasteiger partial charge in [0.15, 0.2) is 5.69 Å². The Bertz CT molecular complexity index is 626. The summed E-state index contributed by atoms with van der Waals surface area (Å²) in [5.74, 6) is -0.0817. The summed E-state index contributed by atoms with van der Waals surface area (Å²) in [5, 5.41) is 20.5. The molecule has 1 heterocycles. The van der Waals surface area contributed by atoms with E-state index in [1.54, 1.807) is 10.9 Å². The van der Waals surface area contributed by atoms with Gasteiger partial charge in [0.1, 0.15) is 0 Å². The molecule has 1 aromatic carbocycles. The van der Waals surface area contributed by atoms with E-state index in [2.05, 4.69) is 15.6 Å². The normalized spacial score (nSPS) is 21.0. The number of carbonyl (C=O) groups is 1. The van der Waals surface area contributed by atoms with E-state index in [-0.39, 0.29) is 17.9 Å². The van der Waals surface area contributed by atoms with Gasteiger partial charge in [0.05, 0.1) is 18.8 Å². The van der Waals surface area contributed by atoms with Crippen LogP contribution in [0.15, 0.2) is 36.5 Å². The molecule has 0 radical (unpaired) electrons. The summed E-state index contributed by atoms with van der Waals surface area (Å²) in [7, 11) is 0. The van der Waals surface area contributed by atoms with Gasteiger partial charge in [-0.3, -0.25) is 4.79 Å². The Balaban J connectivity index is 1.55. The maximum atomic E-state index is 12.1. The van der Waals surface area contributed by atoms with E-state index < -0.39 is 0 Å². The highest BCUT2D eigenvalue weighted by molar-refractivity contribution is 5.91. The van der Waals surface area contributed by atoms with E-state index in [1.165, 1.54) is 0 Å². The third kappa shape index (κ3) is 3.51. The number of rotatable bonds is 5. The predicted octanol–water partition coefficient (Wildman–Crippen LogP) is 1.22. The molecule has 1 aliphatic rings. The van der Waals surface area contributed by atoms with Crippen LogP contribution in [0.2, 0.25) is 0 Å². The van der Waals surface area contributed by atoms with Crippen LogP contribution in [0.1, 0.15) is 35.3 Å².